The molecule has 0 spiro atoms. The topological polar surface area (TPSA) is 101 Å². The fourth-order valence-corrected chi connectivity index (χ4v) is 3.85. The van der Waals surface area contributed by atoms with Crippen LogP contribution in [0, 0.1) is 0 Å². The fourth-order valence-electron chi connectivity index (χ4n) is 3.72. The average molecular weight is 481 g/mol. The van der Waals surface area contributed by atoms with E-state index in [1.807, 2.05) is 30.1 Å². The number of carbonyl (C=O) groups excluding carboxylic acids is 1. The minimum absolute atomic E-state index is 0.0373. The lowest BCUT2D eigenvalue weighted by Crippen LogP contribution is -2.29. The lowest BCUT2D eigenvalue weighted by molar-refractivity contribution is 0.0949. The maximum atomic E-state index is 13.0. The van der Waals surface area contributed by atoms with E-state index in [4.69, 9.17) is 16.0 Å². The van der Waals surface area contributed by atoms with E-state index in [1.165, 1.54) is 6.20 Å². The van der Waals surface area contributed by atoms with Gasteiger partial charge in [-0.05, 0) is 42.9 Å². The summed E-state index contributed by atoms with van der Waals surface area (Å²) in [6.07, 6.45) is 2.36. The third-order valence-corrected chi connectivity index (χ3v) is 5.70. The molecule has 4 aromatic rings. The number of fused-ring (bicyclic) bond motifs is 1. The number of rotatable bonds is 8. The van der Waals surface area contributed by atoms with Gasteiger partial charge in [0, 0.05) is 37.6 Å². The quantitative estimate of drug-likeness (QED) is 0.401. The van der Waals surface area contributed by atoms with E-state index in [2.05, 4.69) is 10.3 Å². The van der Waals surface area contributed by atoms with Crippen LogP contribution in [0.3, 0.4) is 0 Å². The maximum Gasteiger partial charge on any atom is 0.257 e. The molecule has 8 nitrogen and oxygen atoms in total. The zero-order chi connectivity index (χ0) is 24.2. The van der Waals surface area contributed by atoms with Gasteiger partial charge in [-0.15, -0.1) is 0 Å². The second-order valence-corrected chi connectivity index (χ2v) is 8.63. The van der Waals surface area contributed by atoms with Crippen molar-refractivity contribution in [3.8, 4) is 0 Å². The highest BCUT2D eigenvalue weighted by molar-refractivity contribution is 6.30. The van der Waals surface area contributed by atoms with Crippen molar-refractivity contribution in [2.75, 3.05) is 13.6 Å². The van der Waals surface area contributed by atoms with Crippen LogP contribution in [0.15, 0.2) is 70.1 Å². The first kappa shape index (κ1) is 23.7. The Morgan fingerprint density at radius 2 is 2.03 bits per heavy atom. The van der Waals surface area contributed by atoms with E-state index in [9.17, 15) is 14.7 Å². The van der Waals surface area contributed by atoms with Crippen LogP contribution >= 0.6 is 11.6 Å². The first-order chi connectivity index (χ1) is 16.3. The number of aromatic nitrogens is 2. The number of furan rings is 1. The summed E-state index contributed by atoms with van der Waals surface area (Å²) < 4.78 is 7.52. The van der Waals surface area contributed by atoms with Crippen LogP contribution < -0.4 is 10.7 Å². The van der Waals surface area contributed by atoms with Crippen LogP contribution in [0.2, 0.25) is 5.02 Å². The molecule has 0 aliphatic carbocycles. The van der Waals surface area contributed by atoms with Crippen molar-refractivity contribution in [3.63, 3.8) is 0 Å². The number of aliphatic hydroxyl groups is 1. The number of amides is 1. The molecule has 0 fully saturated rings. The largest absolute Gasteiger partial charge is 0.443 e. The molecule has 0 bridgehead atoms. The molecule has 0 saturated heterocycles. The standard InChI is InChI=1S/C25H25ClN4O4/c1-29(15-22(31)21-5-3-4-10-27-21)13-18-11-19-23(32)20(14-30(2)25(19)34-18)24(33)28-12-16-6-8-17(26)9-7-16/h3-11,14,22,31H,12-13,15H2,1-2H3,(H,28,33)/t22-/m1/s1. The summed E-state index contributed by atoms with van der Waals surface area (Å²) in [5.74, 6) is 0.0907. The Balaban J connectivity index is 1.48. The van der Waals surface area contributed by atoms with Crippen molar-refractivity contribution < 1.29 is 14.3 Å². The summed E-state index contributed by atoms with van der Waals surface area (Å²) in [5.41, 5.74) is 1.48. The molecule has 1 atom stereocenters. The Morgan fingerprint density at radius 1 is 1.26 bits per heavy atom. The van der Waals surface area contributed by atoms with Crippen molar-refractivity contribution in [1.82, 2.24) is 19.8 Å². The van der Waals surface area contributed by atoms with Crippen LogP contribution in [-0.2, 0) is 20.1 Å². The Hall–Kier alpha value is -3.46. The molecule has 1 amide bonds. The number of aryl methyl sites for hydroxylation is 1. The van der Waals surface area contributed by atoms with Gasteiger partial charge >= 0.3 is 0 Å². The Bertz CT molecular complexity index is 1350. The zero-order valence-corrected chi connectivity index (χ0v) is 19.6. The number of benzene rings is 1. The van der Waals surface area contributed by atoms with Crippen LogP contribution in [0.25, 0.3) is 11.1 Å². The molecule has 9 heteroatoms. The molecule has 0 aliphatic rings. The Labute approximate surface area is 201 Å². The minimum atomic E-state index is -0.752. The molecule has 0 radical (unpaired) electrons. The summed E-state index contributed by atoms with van der Waals surface area (Å²) in [7, 11) is 3.56. The molecule has 3 heterocycles. The Morgan fingerprint density at radius 3 is 2.74 bits per heavy atom. The van der Waals surface area contributed by atoms with Gasteiger partial charge in [0.15, 0.2) is 0 Å². The van der Waals surface area contributed by atoms with Gasteiger partial charge in [0.2, 0.25) is 11.1 Å². The molecule has 176 valence electrons. The van der Waals surface area contributed by atoms with Gasteiger partial charge in [0.05, 0.1) is 17.6 Å². The van der Waals surface area contributed by atoms with Crippen LogP contribution in [0.1, 0.15) is 33.5 Å². The minimum Gasteiger partial charge on any atom is -0.443 e. The summed E-state index contributed by atoms with van der Waals surface area (Å²) in [6, 6.07) is 14.1. The second-order valence-electron chi connectivity index (χ2n) is 8.19. The molecular weight excluding hydrogens is 456 g/mol. The number of likely N-dealkylation sites (N-methyl/N-ethyl adjacent to an activating group) is 1. The summed E-state index contributed by atoms with van der Waals surface area (Å²) in [6.45, 7) is 0.982. The predicted molar refractivity (Wildman–Crippen MR) is 130 cm³/mol. The SMILES string of the molecule is CN(Cc1cc2c(=O)c(C(=O)NCc3ccc(Cl)cc3)cn(C)c2o1)C[C@@H](O)c1ccccn1. The van der Waals surface area contributed by atoms with E-state index in [0.717, 1.165) is 5.56 Å². The van der Waals surface area contributed by atoms with Crippen LogP contribution in [0.4, 0.5) is 0 Å². The number of nitrogens with one attached hydrogen (secondary N) is 1. The van der Waals surface area contributed by atoms with Gasteiger partial charge in [0.25, 0.3) is 5.91 Å². The highest BCUT2D eigenvalue weighted by Crippen LogP contribution is 2.19. The highest BCUT2D eigenvalue weighted by Gasteiger charge is 2.19. The number of hydrogen-bond acceptors (Lipinski definition) is 6. The van der Waals surface area contributed by atoms with E-state index >= 15 is 0 Å². The molecule has 1 aromatic carbocycles. The normalized spacial score (nSPS) is 12.3. The average Bonchev–Trinajstić information content (AvgIpc) is 3.26. The molecule has 0 aliphatic heterocycles. The number of pyridine rings is 2. The number of halogens is 1. The monoisotopic (exact) mass is 480 g/mol. The third kappa shape index (κ3) is 5.36. The second kappa shape index (κ2) is 10.2. The van der Waals surface area contributed by atoms with E-state index in [0.29, 0.717) is 40.7 Å². The molecular formula is C25H25ClN4O4. The number of hydrogen-bond donors (Lipinski definition) is 2. The van der Waals surface area contributed by atoms with Crippen molar-refractivity contribution in [1.29, 1.82) is 0 Å². The number of carbonyl (C=O) groups is 1. The van der Waals surface area contributed by atoms with E-state index in [-0.39, 0.29) is 12.1 Å². The van der Waals surface area contributed by atoms with Gasteiger partial charge in [-0.1, -0.05) is 29.8 Å². The highest BCUT2D eigenvalue weighted by atomic mass is 35.5. The summed E-state index contributed by atoms with van der Waals surface area (Å²) in [5, 5.41) is 14.1. The van der Waals surface area contributed by atoms with Crippen LogP contribution in [0.5, 0.6) is 0 Å². The van der Waals surface area contributed by atoms with E-state index in [1.54, 1.807) is 48.1 Å². The Kier molecular flexibility index (Phi) is 7.12. The summed E-state index contributed by atoms with van der Waals surface area (Å²) >= 11 is 5.89. The smallest absolute Gasteiger partial charge is 0.257 e. The van der Waals surface area contributed by atoms with Crippen molar-refractivity contribution >= 4 is 28.6 Å². The number of nitrogens with zero attached hydrogens (tertiary/aromatic N) is 3. The van der Waals surface area contributed by atoms with Crippen molar-refractivity contribution in [2.45, 2.75) is 19.2 Å². The lowest BCUT2D eigenvalue weighted by atomic mass is 10.2. The van der Waals surface area contributed by atoms with Gasteiger partial charge in [-0.2, -0.15) is 0 Å². The first-order valence-electron chi connectivity index (χ1n) is 10.7. The van der Waals surface area contributed by atoms with Gasteiger partial charge in [0.1, 0.15) is 17.4 Å². The van der Waals surface area contributed by atoms with Gasteiger partial charge < -0.3 is 19.4 Å². The molecule has 34 heavy (non-hydrogen) atoms. The van der Waals surface area contributed by atoms with Crippen molar-refractivity contribution in [2.24, 2.45) is 7.05 Å². The first-order valence-corrected chi connectivity index (χ1v) is 11.1. The van der Waals surface area contributed by atoms with Crippen LogP contribution in [-0.4, -0.2) is 39.1 Å². The van der Waals surface area contributed by atoms with Gasteiger partial charge in [-0.3, -0.25) is 19.5 Å². The molecule has 2 N–H and O–H groups in total. The van der Waals surface area contributed by atoms with Crippen molar-refractivity contribution in [3.05, 3.63) is 98.8 Å². The molecule has 0 unspecified atom stereocenters. The molecule has 0 saturated carbocycles. The lowest BCUT2D eigenvalue weighted by Gasteiger charge is -2.19. The van der Waals surface area contributed by atoms with E-state index < -0.39 is 17.4 Å². The predicted octanol–water partition coefficient (Wildman–Crippen LogP) is 3.28. The molecule has 3 aromatic heterocycles. The number of aliphatic hydroxyl groups excluding tert-OH is 1. The third-order valence-electron chi connectivity index (χ3n) is 5.45. The zero-order valence-electron chi connectivity index (χ0n) is 18.9. The van der Waals surface area contributed by atoms with Gasteiger partial charge in [-0.25, -0.2) is 0 Å². The fraction of sp³-hybridized carbons (Fsp3) is 0.240. The summed E-state index contributed by atoms with van der Waals surface area (Å²) in [4.78, 5) is 31.8. The molecule has 4 rings (SSSR count). The maximum absolute atomic E-state index is 13.0.